The van der Waals surface area contributed by atoms with Crippen molar-refractivity contribution in [3.63, 3.8) is 0 Å². The van der Waals surface area contributed by atoms with Crippen LogP contribution in [0.2, 0.25) is 0 Å². The molecule has 0 aromatic heterocycles. The maximum atomic E-state index is 11.3. The van der Waals surface area contributed by atoms with Gasteiger partial charge in [-0.3, -0.25) is 4.79 Å². The SMILES string of the molecule is CC/C=C\C/C=C\C/C=C\C/C=C\CCC(=O)OC(C)C(=O)O. The molecular weight excluding hydrogens is 292 g/mol. The number of hydrogen-bond acceptors (Lipinski definition) is 3. The topological polar surface area (TPSA) is 63.6 Å². The van der Waals surface area contributed by atoms with E-state index in [0.29, 0.717) is 6.42 Å². The van der Waals surface area contributed by atoms with E-state index in [9.17, 15) is 9.59 Å². The number of carboxylic acids is 1. The zero-order valence-electron chi connectivity index (χ0n) is 14.1. The third-order valence-corrected chi connectivity index (χ3v) is 2.89. The average molecular weight is 320 g/mol. The molecule has 0 aliphatic carbocycles. The van der Waals surface area contributed by atoms with Gasteiger partial charge in [-0.15, -0.1) is 0 Å². The Morgan fingerprint density at radius 3 is 1.87 bits per heavy atom. The Morgan fingerprint density at radius 2 is 1.39 bits per heavy atom. The predicted octanol–water partition coefficient (Wildman–Crippen LogP) is 4.59. The number of allylic oxidation sites excluding steroid dienone is 8. The van der Waals surface area contributed by atoms with Gasteiger partial charge in [0.05, 0.1) is 0 Å². The Balaban J connectivity index is 3.63. The molecule has 0 fully saturated rings. The minimum Gasteiger partial charge on any atom is -0.479 e. The molecule has 0 saturated heterocycles. The first kappa shape index (κ1) is 20.9. The minimum absolute atomic E-state index is 0.200. The van der Waals surface area contributed by atoms with Gasteiger partial charge >= 0.3 is 11.9 Å². The number of hydrogen-bond donors (Lipinski definition) is 1. The predicted molar refractivity (Wildman–Crippen MR) is 93.1 cm³/mol. The highest BCUT2D eigenvalue weighted by atomic mass is 16.6. The van der Waals surface area contributed by atoms with Gasteiger partial charge in [-0.2, -0.15) is 0 Å². The highest BCUT2D eigenvalue weighted by Gasteiger charge is 2.15. The Bertz CT molecular complexity index is 444. The molecule has 0 aliphatic heterocycles. The van der Waals surface area contributed by atoms with Crippen molar-refractivity contribution in [2.75, 3.05) is 0 Å². The molecule has 0 aromatic rings. The Morgan fingerprint density at radius 1 is 0.913 bits per heavy atom. The average Bonchev–Trinajstić information content (AvgIpc) is 2.51. The molecule has 23 heavy (non-hydrogen) atoms. The van der Waals surface area contributed by atoms with E-state index in [1.165, 1.54) is 6.92 Å². The van der Waals surface area contributed by atoms with Gasteiger partial charge in [-0.25, -0.2) is 4.79 Å². The van der Waals surface area contributed by atoms with Crippen molar-refractivity contribution in [2.45, 2.75) is 58.5 Å². The fourth-order valence-corrected chi connectivity index (χ4v) is 1.61. The second-order valence-electron chi connectivity index (χ2n) is 5.01. The lowest BCUT2D eigenvalue weighted by Crippen LogP contribution is -2.23. The second kappa shape index (κ2) is 14.8. The van der Waals surface area contributed by atoms with Crippen molar-refractivity contribution in [3.8, 4) is 0 Å². The molecular formula is C19H28O4. The van der Waals surface area contributed by atoms with E-state index in [4.69, 9.17) is 9.84 Å². The van der Waals surface area contributed by atoms with Crippen LogP contribution in [0.4, 0.5) is 0 Å². The van der Waals surface area contributed by atoms with Crippen molar-refractivity contribution in [1.29, 1.82) is 0 Å². The van der Waals surface area contributed by atoms with E-state index in [2.05, 4.69) is 43.4 Å². The van der Waals surface area contributed by atoms with Crippen LogP contribution in [0.25, 0.3) is 0 Å². The van der Waals surface area contributed by atoms with Gasteiger partial charge in [0.1, 0.15) is 0 Å². The van der Waals surface area contributed by atoms with E-state index in [1.807, 2.05) is 12.2 Å². The number of carbonyl (C=O) groups is 2. The van der Waals surface area contributed by atoms with Crippen LogP contribution in [0.5, 0.6) is 0 Å². The lowest BCUT2D eigenvalue weighted by Gasteiger charge is -2.07. The summed E-state index contributed by atoms with van der Waals surface area (Å²) in [5, 5.41) is 8.61. The zero-order chi connectivity index (χ0) is 17.3. The molecule has 1 unspecified atom stereocenters. The van der Waals surface area contributed by atoms with E-state index in [1.54, 1.807) is 0 Å². The molecule has 4 heteroatoms. The maximum absolute atomic E-state index is 11.3. The first-order chi connectivity index (χ1) is 11.1. The Labute approximate surface area is 139 Å². The van der Waals surface area contributed by atoms with Crippen LogP contribution in [0, 0.1) is 0 Å². The van der Waals surface area contributed by atoms with Gasteiger partial charge < -0.3 is 9.84 Å². The normalized spacial score (nSPS) is 13.5. The molecule has 0 radical (unpaired) electrons. The molecule has 0 rings (SSSR count). The number of esters is 1. The van der Waals surface area contributed by atoms with Gasteiger partial charge in [-0.05, 0) is 39.0 Å². The number of rotatable bonds is 12. The monoisotopic (exact) mass is 320 g/mol. The first-order valence-corrected chi connectivity index (χ1v) is 8.10. The summed E-state index contributed by atoms with van der Waals surface area (Å²) < 4.78 is 4.72. The van der Waals surface area contributed by atoms with Crippen molar-refractivity contribution in [1.82, 2.24) is 0 Å². The molecule has 0 spiro atoms. The van der Waals surface area contributed by atoms with Crippen LogP contribution >= 0.6 is 0 Å². The van der Waals surface area contributed by atoms with Crippen molar-refractivity contribution >= 4 is 11.9 Å². The molecule has 1 atom stereocenters. The van der Waals surface area contributed by atoms with Gasteiger partial charge in [0.15, 0.2) is 6.10 Å². The van der Waals surface area contributed by atoms with Crippen LogP contribution < -0.4 is 0 Å². The van der Waals surface area contributed by atoms with Crippen LogP contribution in [-0.2, 0) is 14.3 Å². The molecule has 4 nitrogen and oxygen atoms in total. The van der Waals surface area contributed by atoms with Gasteiger partial charge in [-0.1, -0.05) is 55.5 Å². The van der Waals surface area contributed by atoms with E-state index >= 15 is 0 Å². The quantitative estimate of drug-likeness (QED) is 0.422. The molecule has 1 N–H and O–H groups in total. The van der Waals surface area contributed by atoms with Crippen molar-refractivity contribution in [3.05, 3.63) is 48.6 Å². The maximum Gasteiger partial charge on any atom is 0.344 e. The van der Waals surface area contributed by atoms with Crippen LogP contribution in [0.1, 0.15) is 52.4 Å². The lowest BCUT2D eigenvalue weighted by molar-refractivity contribution is -0.162. The van der Waals surface area contributed by atoms with Crippen LogP contribution in [0.15, 0.2) is 48.6 Å². The van der Waals surface area contributed by atoms with Crippen LogP contribution in [0.3, 0.4) is 0 Å². The third-order valence-electron chi connectivity index (χ3n) is 2.89. The summed E-state index contributed by atoms with van der Waals surface area (Å²) in [6.07, 6.45) is 20.2. The van der Waals surface area contributed by atoms with Crippen molar-refractivity contribution < 1.29 is 19.4 Å². The summed E-state index contributed by atoms with van der Waals surface area (Å²) in [4.78, 5) is 21.8. The fraction of sp³-hybridized carbons (Fsp3) is 0.474. The molecule has 0 heterocycles. The molecule has 128 valence electrons. The third kappa shape index (κ3) is 14.6. The summed E-state index contributed by atoms with van der Waals surface area (Å²) in [5.74, 6) is -1.61. The molecule has 0 aliphatic rings. The lowest BCUT2D eigenvalue weighted by atomic mass is 10.2. The Kier molecular flexibility index (Phi) is 13.5. The van der Waals surface area contributed by atoms with E-state index in [0.717, 1.165) is 25.7 Å². The fourth-order valence-electron chi connectivity index (χ4n) is 1.61. The molecule has 0 aromatic carbocycles. The van der Waals surface area contributed by atoms with Crippen LogP contribution in [-0.4, -0.2) is 23.1 Å². The summed E-state index contributed by atoms with van der Waals surface area (Å²) in [5.41, 5.74) is 0. The van der Waals surface area contributed by atoms with Gasteiger partial charge in [0, 0.05) is 6.42 Å². The zero-order valence-corrected chi connectivity index (χ0v) is 14.1. The standard InChI is InChI=1S/C19H28O4/c1-3-4-5-6-7-8-9-10-11-12-13-14-15-16-18(20)23-17(2)19(21)22/h4-5,7-8,10-11,13-14,17H,3,6,9,12,15-16H2,1-2H3,(H,21,22)/b5-4-,8-7-,11-10-,14-13-. The number of carbonyl (C=O) groups excluding carboxylic acids is 1. The molecule has 0 bridgehead atoms. The van der Waals surface area contributed by atoms with Gasteiger partial charge in [0.2, 0.25) is 0 Å². The number of aliphatic carboxylic acids is 1. The van der Waals surface area contributed by atoms with Gasteiger partial charge in [0.25, 0.3) is 0 Å². The molecule has 0 saturated carbocycles. The largest absolute Gasteiger partial charge is 0.479 e. The number of ether oxygens (including phenoxy) is 1. The highest BCUT2D eigenvalue weighted by Crippen LogP contribution is 2.00. The summed E-state index contributed by atoms with van der Waals surface area (Å²) in [6, 6.07) is 0. The Hall–Kier alpha value is -2.10. The smallest absolute Gasteiger partial charge is 0.344 e. The number of carboxylic acid groups (broad SMARTS) is 1. The van der Waals surface area contributed by atoms with Crippen molar-refractivity contribution in [2.24, 2.45) is 0 Å². The summed E-state index contributed by atoms with van der Waals surface area (Å²) >= 11 is 0. The van der Waals surface area contributed by atoms with E-state index < -0.39 is 18.0 Å². The summed E-state index contributed by atoms with van der Waals surface area (Å²) in [7, 11) is 0. The van der Waals surface area contributed by atoms with E-state index in [-0.39, 0.29) is 6.42 Å². The highest BCUT2D eigenvalue weighted by molar-refractivity contribution is 5.77. The second-order valence-corrected chi connectivity index (χ2v) is 5.01. The summed E-state index contributed by atoms with van der Waals surface area (Å²) in [6.45, 7) is 3.46. The first-order valence-electron chi connectivity index (χ1n) is 8.10. The minimum atomic E-state index is -1.13. The molecule has 0 amide bonds.